The van der Waals surface area contributed by atoms with Gasteiger partial charge in [0.2, 0.25) is 0 Å². The first-order valence-corrected chi connectivity index (χ1v) is 13.0. The number of carbonyl (C=O) groups excluding carboxylic acids is 1. The van der Waals surface area contributed by atoms with Crippen molar-refractivity contribution in [2.45, 2.75) is 42.6 Å². The van der Waals surface area contributed by atoms with E-state index in [1.807, 2.05) is 30.5 Å². The van der Waals surface area contributed by atoms with Gasteiger partial charge in [-0.1, -0.05) is 44.9 Å². The Morgan fingerprint density at radius 1 is 1.15 bits per heavy atom. The van der Waals surface area contributed by atoms with Crippen LogP contribution in [0.2, 0.25) is 0 Å². The van der Waals surface area contributed by atoms with Crippen LogP contribution in [0.5, 0.6) is 5.75 Å². The first-order chi connectivity index (χ1) is 15.9. The summed E-state index contributed by atoms with van der Waals surface area (Å²) < 4.78 is 12.2. The third kappa shape index (κ3) is 9.98. The number of fused-ring (bicyclic) bond motifs is 1. The number of aliphatic hydroxyl groups excluding tert-OH is 1. The van der Waals surface area contributed by atoms with Gasteiger partial charge in [0.15, 0.2) is 6.29 Å². The van der Waals surface area contributed by atoms with Crippen molar-refractivity contribution in [2.24, 2.45) is 0 Å². The zero-order valence-electron chi connectivity index (χ0n) is 20.6. The van der Waals surface area contributed by atoms with Crippen LogP contribution in [0.3, 0.4) is 0 Å². The molecule has 184 valence electrons. The Morgan fingerprint density at radius 3 is 2.33 bits per heavy atom. The summed E-state index contributed by atoms with van der Waals surface area (Å²) in [6.07, 6.45) is 4.01. The lowest BCUT2D eigenvalue weighted by Gasteiger charge is -2.25. The van der Waals surface area contributed by atoms with E-state index in [9.17, 15) is 9.90 Å². The standard InChI is InChI=1S/C19H22N2O3S2.C4H10.C2H6O/c1-20-8-9-21(14-6-4-3-5-7-14)16-10-19(25-2)17(11-18(16)26-20)24-13-15(23)12-22;1-3-4-2;1-3-2/h3-7,10-12,15,23H,8-9,13H2,1-2H3;3-4H2,1-2H3;1-2H3. The highest BCUT2D eigenvalue weighted by atomic mass is 32.2. The Hall–Kier alpha value is -1.71. The number of nitrogens with zero attached hydrogens (tertiary/aromatic N) is 2. The van der Waals surface area contributed by atoms with Crippen LogP contribution in [0.25, 0.3) is 0 Å². The topological polar surface area (TPSA) is 62.2 Å². The van der Waals surface area contributed by atoms with E-state index in [0.717, 1.165) is 34.3 Å². The number of methoxy groups -OCH3 is 1. The SMILES string of the molecule is CCCC.COC.CSc1cc2c(cc1OCC(O)C=O)SN(C)CCN2c1ccccc1. The number of hydrogen-bond donors (Lipinski definition) is 1. The molecule has 0 amide bonds. The molecule has 3 rings (SSSR count). The molecule has 0 aromatic heterocycles. The van der Waals surface area contributed by atoms with E-state index in [-0.39, 0.29) is 6.61 Å². The number of benzene rings is 2. The Morgan fingerprint density at radius 2 is 1.79 bits per heavy atom. The fourth-order valence-electron chi connectivity index (χ4n) is 2.75. The largest absolute Gasteiger partial charge is 0.489 e. The molecule has 2 aromatic carbocycles. The minimum atomic E-state index is -1.11. The third-order valence-corrected chi connectivity index (χ3v) is 6.34. The van der Waals surface area contributed by atoms with Crippen LogP contribution in [-0.4, -0.2) is 69.0 Å². The van der Waals surface area contributed by atoms with Crippen LogP contribution >= 0.6 is 23.7 Å². The summed E-state index contributed by atoms with van der Waals surface area (Å²) in [5.41, 5.74) is 2.29. The molecule has 8 heteroatoms. The van der Waals surface area contributed by atoms with Crippen molar-refractivity contribution in [1.82, 2.24) is 4.31 Å². The van der Waals surface area contributed by atoms with E-state index in [4.69, 9.17) is 4.74 Å². The molecule has 0 saturated carbocycles. The summed E-state index contributed by atoms with van der Waals surface area (Å²) in [5, 5.41) is 9.48. The van der Waals surface area contributed by atoms with Crippen molar-refractivity contribution in [3.63, 3.8) is 0 Å². The molecule has 0 spiro atoms. The monoisotopic (exact) mass is 494 g/mol. The summed E-state index contributed by atoms with van der Waals surface area (Å²) in [6, 6.07) is 14.5. The van der Waals surface area contributed by atoms with Crippen LogP contribution < -0.4 is 9.64 Å². The highest BCUT2D eigenvalue weighted by Crippen LogP contribution is 2.44. The highest BCUT2D eigenvalue weighted by Gasteiger charge is 2.23. The predicted molar refractivity (Wildman–Crippen MR) is 141 cm³/mol. The summed E-state index contributed by atoms with van der Waals surface area (Å²) in [6.45, 7) is 6.13. The smallest absolute Gasteiger partial charge is 0.151 e. The summed E-state index contributed by atoms with van der Waals surface area (Å²) in [4.78, 5) is 15.0. The fourth-order valence-corrected chi connectivity index (χ4v) is 4.23. The van der Waals surface area contributed by atoms with Gasteiger partial charge in [0, 0.05) is 33.0 Å². The Kier molecular flexibility index (Phi) is 15.0. The molecule has 1 unspecified atom stereocenters. The molecule has 0 radical (unpaired) electrons. The predicted octanol–water partition coefficient (Wildman–Crippen LogP) is 5.51. The lowest BCUT2D eigenvalue weighted by atomic mass is 10.2. The Bertz CT molecular complexity index is 806. The lowest BCUT2D eigenvalue weighted by molar-refractivity contribution is -0.116. The summed E-state index contributed by atoms with van der Waals surface area (Å²) >= 11 is 3.26. The van der Waals surface area contributed by atoms with E-state index in [1.54, 1.807) is 37.9 Å². The molecule has 33 heavy (non-hydrogen) atoms. The molecule has 1 aliphatic heterocycles. The molecule has 0 aliphatic carbocycles. The molecular weight excluding hydrogens is 456 g/mol. The molecular formula is C25H38N2O4S2. The molecule has 6 nitrogen and oxygen atoms in total. The van der Waals surface area contributed by atoms with Crippen LogP contribution in [0.15, 0.2) is 52.3 Å². The second-order valence-electron chi connectivity index (χ2n) is 7.32. The van der Waals surface area contributed by atoms with Gasteiger partial charge in [-0.2, -0.15) is 0 Å². The number of hydrogen-bond acceptors (Lipinski definition) is 8. The minimum Gasteiger partial charge on any atom is -0.489 e. The van der Waals surface area contributed by atoms with Crippen LogP contribution in [0.4, 0.5) is 11.4 Å². The van der Waals surface area contributed by atoms with Crippen LogP contribution in [0, 0.1) is 0 Å². The van der Waals surface area contributed by atoms with E-state index >= 15 is 0 Å². The number of ether oxygens (including phenoxy) is 2. The van der Waals surface area contributed by atoms with Gasteiger partial charge in [0.1, 0.15) is 18.5 Å². The molecule has 1 atom stereocenters. The lowest BCUT2D eigenvalue weighted by Crippen LogP contribution is -2.24. The molecule has 2 aromatic rings. The van der Waals surface area contributed by atoms with Gasteiger partial charge in [-0.15, -0.1) is 11.8 Å². The van der Waals surface area contributed by atoms with E-state index in [0.29, 0.717) is 12.0 Å². The summed E-state index contributed by atoms with van der Waals surface area (Å²) in [7, 11) is 5.32. The van der Waals surface area contributed by atoms with Gasteiger partial charge in [-0.3, -0.25) is 0 Å². The maximum absolute atomic E-state index is 10.6. The Balaban J connectivity index is 0.000000688. The van der Waals surface area contributed by atoms with Crippen molar-refractivity contribution in [1.29, 1.82) is 0 Å². The quantitative estimate of drug-likeness (QED) is 0.307. The average molecular weight is 495 g/mol. The number of rotatable bonds is 7. The molecule has 0 bridgehead atoms. The maximum atomic E-state index is 10.6. The van der Waals surface area contributed by atoms with Gasteiger partial charge in [-0.05, 0) is 49.5 Å². The van der Waals surface area contributed by atoms with Gasteiger partial charge < -0.3 is 24.3 Å². The number of aldehydes is 1. The Labute approximate surface area is 207 Å². The number of thioether (sulfide) groups is 1. The number of para-hydroxylation sites is 1. The normalized spacial score (nSPS) is 14.0. The van der Waals surface area contributed by atoms with Crippen molar-refractivity contribution >= 4 is 41.4 Å². The highest BCUT2D eigenvalue weighted by molar-refractivity contribution is 7.98. The molecule has 1 N–H and O–H groups in total. The first-order valence-electron chi connectivity index (χ1n) is 11.1. The van der Waals surface area contributed by atoms with Gasteiger partial charge in [0.05, 0.1) is 15.5 Å². The average Bonchev–Trinajstić information content (AvgIpc) is 3.00. The van der Waals surface area contributed by atoms with Crippen LogP contribution in [-0.2, 0) is 9.53 Å². The van der Waals surface area contributed by atoms with E-state index < -0.39 is 6.10 Å². The molecule has 1 heterocycles. The van der Waals surface area contributed by atoms with Crippen LogP contribution in [0.1, 0.15) is 26.7 Å². The van der Waals surface area contributed by atoms with Crippen molar-refractivity contribution in [3.8, 4) is 5.75 Å². The maximum Gasteiger partial charge on any atom is 0.151 e. The molecule has 0 fully saturated rings. The van der Waals surface area contributed by atoms with Gasteiger partial charge >= 0.3 is 0 Å². The number of anilines is 2. The summed E-state index contributed by atoms with van der Waals surface area (Å²) in [5.74, 6) is 0.688. The van der Waals surface area contributed by atoms with Gasteiger partial charge in [0.25, 0.3) is 0 Å². The van der Waals surface area contributed by atoms with Gasteiger partial charge in [-0.25, -0.2) is 4.31 Å². The zero-order valence-corrected chi connectivity index (χ0v) is 22.2. The fraction of sp³-hybridized carbons (Fsp3) is 0.480. The van der Waals surface area contributed by atoms with E-state index in [2.05, 4.69) is 53.0 Å². The van der Waals surface area contributed by atoms with E-state index in [1.165, 1.54) is 12.8 Å². The number of aliphatic hydroxyl groups is 1. The number of carbonyl (C=O) groups is 1. The third-order valence-electron chi connectivity index (χ3n) is 4.56. The number of unbranched alkanes of at least 4 members (excludes halogenated alkanes) is 1. The van der Waals surface area contributed by atoms with Crippen molar-refractivity contribution in [2.75, 3.05) is 52.1 Å². The number of likely N-dealkylation sites (N-methyl/N-ethyl adjacent to an activating group) is 1. The minimum absolute atomic E-state index is 0.0429. The molecule has 1 aliphatic rings. The second kappa shape index (κ2) is 16.8. The van der Waals surface area contributed by atoms with Crippen molar-refractivity contribution < 1.29 is 19.4 Å². The zero-order chi connectivity index (χ0) is 24.6. The molecule has 0 saturated heterocycles. The first kappa shape index (κ1) is 29.3. The second-order valence-corrected chi connectivity index (χ2v) is 9.42. The van der Waals surface area contributed by atoms with Crippen molar-refractivity contribution in [3.05, 3.63) is 42.5 Å².